The van der Waals surface area contributed by atoms with E-state index in [1.807, 2.05) is 38.1 Å². The highest BCUT2D eigenvalue weighted by atomic mass is 32.1. The van der Waals surface area contributed by atoms with Gasteiger partial charge < -0.3 is 10.4 Å². The van der Waals surface area contributed by atoms with Crippen LogP contribution in [0.25, 0.3) is 0 Å². The van der Waals surface area contributed by atoms with E-state index in [0.717, 1.165) is 16.0 Å². The normalized spacial score (nSPS) is 9.86. The Kier molecular flexibility index (Phi) is 5.15. The molecule has 2 rings (SSSR count). The van der Waals surface area contributed by atoms with E-state index in [0.29, 0.717) is 12.1 Å². The first-order valence-corrected chi connectivity index (χ1v) is 7.45. The summed E-state index contributed by atoms with van der Waals surface area (Å²) in [6.45, 7) is 4.33. The third kappa shape index (κ3) is 4.19. The highest BCUT2D eigenvalue weighted by molar-refractivity contribution is 7.11. The Labute approximate surface area is 128 Å². The molecule has 3 nitrogen and oxygen atoms in total. The van der Waals surface area contributed by atoms with Crippen molar-refractivity contribution in [1.82, 2.24) is 5.32 Å². The topological polar surface area (TPSA) is 49.3 Å². The number of hydrogen-bond acceptors (Lipinski definition) is 3. The van der Waals surface area contributed by atoms with Crippen molar-refractivity contribution in [3.8, 4) is 11.8 Å². The molecule has 0 saturated heterocycles. The first-order valence-electron chi connectivity index (χ1n) is 6.64. The lowest BCUT2D eigenvalue weighted by molar-refractivity contribution is 0.0951. The molecule has 0 spiro atoms. The molecule has 0 bridgehead atoms. The van der Waals surface area contributed by atoms with Crippen LogP contribution >= 0.6 is 11.3 Å². The Balaban J connectivity index is 2.04. The molecule has 0 unspecified atom stereocenters. The second-order valence-electron chi connectivity index (χ2n) is 4.68. The van der Waals surface area contributed by atoms with Crippen LogP contribution in [0.5, 0.6) is 0 Å². The van der Waals surface area contributed by atoms with E-state index in [1.54, 1.807) is 17.4 Å². The van der Waals surface area contributed by atoms with Crippen LogP contribution in [0, 0.1) is 25.7 Å². The third-order valence-corrected chi connectivity index (χ3v) is 4.01. The molecule has 0 atom stereocenters. The molecule has 0 aliphatic heterocycles. The SMILES string of the molecule is Cc1ccc(CNC(=O)c2ccc(C#CCO)c(C)c2)s1. The van der Waals surface area contributed by atoms with Crippen LogP contribution in [0.4, 0.5) is 0 Å². The summed E-state index contributed by atoms with van der Waals surface area (Å²) >= 11 is 1.68. The molecule has 1 aromatic carbocycles. The minimum Gasteiger partial charge on any atom is -0.384 e. The monoisotopic (exact) mass is 299 g/mol. The van der Waals surface area contributed by atoms with Gasteiger partial charge in [-0.2, -0.15) is 0 Å². The highest BCUT2D eigenvalue weighted by Crippen LogP contribution is 2.15. The lowest BCUT2D eigenvalue weighted by atomic mass is 10.0. The summed E-state index contributed by atoms with van der Waals surface area (Å²) in [6, 6.07) is 9.45. The Hall–Kier alpha value is -2.09. The Morgan fingerprint density at radius 1 is 1.29 bits per heavy atom. The number of aryl methyl sites for hydroxylation is 2. The number of benzene rings is 1. The highest BCUT2D eigenvalue weighted by Gasteiger charge is 2.07. The summed E-state index contributed by atoms with van der Waals surface area (Å²) in [6.07, 6.45) is 0. The van der Waals surface area contributed by atoms with Crippen molar-refractivity contribution in [1.29, 1.82) is 0 Å². The van der Waals surface area contributed by atoms with Crippen molar-refractivity contribution in [2.24, 2.45) is 0 Å². The molecule has 0 fully saturated rings. The molecule has 2 N–H and O–H groups in total. The van der Waals surface area contributed by atoms with E-state index in [4.69, 9.17) is 5.11 Å². The summed E-state index contributed by atoms with van der Waals surface area (Å²) in [5.74, 6) is 5.38. The van der Waals surface area contributed by atoms with Crippen LogP contribution in [0.15, 0.2) is 30.3 Å². The summed E-state index contributed by atoms with van der Waals surface area (Å²) in [5.41, 5.74) is 2.38. The van der Waals surface area contributed by atoms with Gasteiger partial charge in [-0.15, -0.1) is 11.3 Å². The molecule has 108 valence electrons. The minimum atomic E-state index is -0.165. The second kappa shape index (κ2) is 7.07. The van der Waals surface area contributed by atoms with Crippen molar-refractivity contribution in [3.05, 3.63) is 56.8 Å². The van der Waals surface area contributed by atoms with E-state index < -0.39 is 0 Å². The molecule has 2 aromatic rings. The van der Waals surface area contributed by atoms with Gasteiger partial charge in [-0.05, 0) is 49.7 Å². The zero-order valence-corrected chi connectivity index (χ0v) is 12.9. The van der Waals surface area contributed by atoms with Crippen LogP contribution in [0.1, 0.15) is 31.2 Å². The molecule has 0 aliphatic carbocycles. The Morgan fingerprint density at radius 2 is 2.10 bits per heavy atom. The molecular formula is C17H17NO2S. The third-order valence-electron chi connectivity index (χ3n) is 3.01. The van der Waals surface area contributed by atoms with E-state index in [1.165, 1.54) is 4.88 Å². The standard InChI is InChI=1S/C17H17NO2S/c1-12-10-15(7-6-14(12)4-3-9-19)17(20)18-11-16-8-5-13(2)21-16/h5-8,10,19H,9,11H2,1-2H3,(H,18,20). The van der Waals surface area contributed by atoms with E-state index in [2.05, 4.69) is 17.2 Å². The number of carbonyl (C=O) groups excluding carboxylic acids is 1. The fraction of sp³-hybridized carbons (Fsp3) is 0.235. The average Bonchev–Trinajstić information content (AvgIpc) is 2.89. The van der Waals surface area contributed by atoms with Crippen molar-refractivity contribution in [2.75, 3.05) is 6.61 Å². The second-order valence-corrected chi connectivity index (χ2v) is 6.06. The van der Waals surface area contributed by atoms with Crippen LogP contribution in [-0.4, -0.2) is 17.6 Å². The van der Waals surface area contributed by atoms with Crippen LogP contribution in [0.3, 0.4) is 0 Å². The Morgan fingerprint density at radius 3 is 2.71 bits per heavy atom. The maximum atomic E-state index is 12.1. The number of amides is 1. The number of carbonyl (C=O) groups is 1. The molecule has 1 amide bonds. The van der Waals surface area contributed by atoms with Gasteiger partial charge in [-0.3, -0.25) is 4.79 Å². The van der Waals surface area contributed by atoms with E-state index >= 15 is 0 Å². The first-order chi connectivity index (χ1) is 10.1. The molecule has 0 aliphatic rings. The van der Waals surface area contributed by atoms with Gasteiger partial charge in [0.05, 0.1) is 6.54 Å². The number of nitrogens with one attached hydrogen (secondary N) is 1. The van der Waals surface area contributed by atoms with Crippen molar-refractivity contribution < 1.29 is 9.90 Å². The fourth-order valence-corrected chi connectivity index (χ4v) is 2.76. The summed E-state index contributed by atoms with van der Waals surface area (Å²) in [7, 11) is 0. The predicted octanol–water partition coefficient (Wildman–Crippen LogP) is 2.64. The van der Waals surface area contributed by atoms with Crippen LogP contribution in [0.2, 0.25) is 0 Å². The number of aliphatic hydroxyl groups excluding tert-OH is 1. The van der Waals surface area contributed by atoms with Crippen molar-refractivity contribution in [3.63, 3.8) is 0 Å². The zero-order valence-electron chi connectivity index (χ0n) is 12.1. The van der Waals surface area contributed by atoms with E-state index in [-0.39, 0.29) is 12.5 Å². The lowest BCUT2D eigenvalue weighted by Gasteiger charge is -2.06. The zero-order chi connectivity index (χ0) is 15.2. The predicted molar refractivity (Wildman–Crippen MR) is 85.4 cm³/mol. The van der Waals surface area contributed by atoms with Gasteiger partial charge >= 0.3 is 0 Å². The summed E-state index contributed by atoms with van der Waals surface area (Å²) < 4.78 is 0. The number of thiophene rings is 1. The number of hydrogen-bond donors (Lipinski definition) is 2. The summed E-state index contributed by atoms with van der Waals surface area (Å²) in [4.78, 5) is 14.5. The maximum Gasteiger partial charge on any atom is 0.251 e. The van der Waals surface area contributed by atoms with Crippen molar-refractivity contribution >= 4 is 17.2 Å². The number of aliphatic hydroxyl groups is 1. The molecule has 4 heteroatoms. The van der Waals surface area contributed by atoms with Gasteiger partial charge in [0.1, 0.15) is 6.61 Å². The van der Waals surface area contributed by atoms with Gasteiger partial charge in [-0.1, -0.05) is 11.8 Å². The molecule has 0 radical (unpaired) electrons. The smallest absolute Gasteiger partial charge is 0.251 e. The van der Waals surface area contributed by atoms with Gasteiger partial charge in [0.2, 0.25) is 0 Å². The molecule has 1 aromatic heterocycles. The lowest BCUT2D eigenvalue weighted by Crippen LogP contribution is -2.22. The molecule has 1 heterocycles. The van der Waals surface area contributed by atoms with Gasteiger partial charge in [0, 0.05) is 20.9 Å². The summed E-state index contributed by atoms with van der Waals surface area (Å²) in [5, 5.41) is 11.6. The Bertz CT molecular complexity index is 707. The maximum absolute atomic E-state index is 12.1. The first kappa shape index (κ1) is 15.3. The number of rotatable bonds is 3. The fourth-order valence-electron chi connectivity index (χ4n) is 1.93. The van der Waals surface area contributed by atoms with E-state index in [9.17, 15) is 4.79 Å². The minimum absolute atomic E-state index is 0.0918. The average molecular weight is 299 g/mol. The van der Waals surface area contributed by atoms with Gasteiger partial charge in [0.25, 0.3) is 5.91 Å². The van der Waals surface area contributed by atoms with Crippen LogP contribution in [-0.2, 0) is 6.54 Å². The quantitative estimate of drug-likeness (QED) is 0.856. The van der Waals surface area contributed by atoms with Crippen molar-refractivity contribution in [2.45, 2.75) is 20.4 Å². The van der Waals surface area contributed by atoms with Gasteiger partial charge in [-0.25, -0.2) is 0 Å². The molecule has 0 saturated carbocycles. The van der Waals surface area contributed by atoms with Crippen LogP contribution < -0.4 is 5.32 Å². The molecule has 21 heavy (non-hydrogen) atoms. The molecular weight excluding hydrogens is 282 g/mol. The van der Waals surface area contributed by atoms with Gasteiger partial charge in [0.15, 0.2) is 0 Å². The largest absolute Gasteiger partial charge is 0.384 e.